The number of carbonyl (C=O) groups excluding carboxylic acids is 1. The van der Waals surface area contributed by atoms with Gasteiger partial charge in [0, 0.05) is 23.4 Å². The van der Waals surface area contributed by atoms with Crippen molar-refractivity contribution in [2.75, 3.05) is 17.1 Å². The van der Waals surface area contributed by atoms with Crippen LogP contribution >= 0.6 is 11.6 Å². The normalized spacial score (nSPS) is 11.2. The summed E-state index contributed by atoms with van der Waals surface area (Å²) < 4.78 is 26.5. The highest BCUT2D eigenvalue weighted by Gasteiger charge is 2.06. The number of amides is 2. The van der Waals surface area contributed by atoms with E-state index < -0.39 is 10.0 Å². The summed E-state index contributed by atoms with van der Waals surface area (Å²) in [6.45, 7) is 0. The summed E-state index contributed by atoms with van der Waals surface area (Å²) in [5, 5.41) is 6.66. The molecule has 0 bridgehead atoms. The van der Waals surface area contributed by atoms with Gasteiger partial charge in [0.25, 0.3) is 10.0 Å². The van der Waals surface area contributed by atoms with Crippen LogP contribution in [0.4, 0.5) is 16.2 Å². The van der Waals surface area contributed by atoms with E-state index in [2.05, 4.69) is 15.4 Å². The van der Waals surface area contributed by atoms with Gasteiger partial charge in [0.2, 0.25) is 0 Å². The van der Waals surface area contributed by atoms with Gasteiger partial charge in [-0.2, -0.15) is 0 Å². The third kappa shape index (κ3) is 5.60. The van der Waals surface area contributed by atoms with E-state index in [9.17, 15) is 13.2 Å². The molecule has 0 saturated carbocycles. The zero-order valence-electron chi connectivity index (χ0n) is 12.8. The molecule has 0 atom stereocenters. The molecule has 2 amide bonds. The number of halogens is 1. The second-order valence-corrected chi connectivity index (χ2v) is 6.79. The molecule has 2 aromatic carbocycles. The molecule has 0 spiro atoms. The minimum absolute atomic E-state index is 0.353. The topological polar surface area (TPSA) is 87.3 Å². The molecule has 0 saturated heterocycles. The van der Waals surface area contributed by atoms with Crippen molar-refractivity contribution in [1.82, 2.24) is 5.32 Å². The molecule has 24 heavy (non-hydrogen) atoms. The summed E-state index contributed by atoms with van der Waals surface area (Å²) in [6.07, 6.45) is 1.47. The first-order valence-corrected chi connectivity index (χ1v) is 8.86. The van der Waals surface area contributed by atoms with Gasteiger partial charge in [0.15, 0.2) is 0 Å². The third-order valence-corrected chi connectivity index (χ3v) is 4.21. The van der Waals surface area contributed by atoms with Crippen LogP contribution in [-0.2, 0) is 10.0 Å². The van der Waals surface area contributed by atoms with Crippen LogP contribution < -0.4 is 15.4 Å². The van der Waals surface area contributed by atoms with Crippen molar-refractivity contribution in [2.45, 2.75) is 0 Å². The minimum atomic E-state index is -3.65. The average molecular weight is 366 g/mol. The Kier molecular flexibility index (Phi) is 5.83. The SMILES string of the molecule is CNC(=O)Nc1ccc(NS(=O)(=O)/C=C/c2ccc(Cl)cc2)cc1. The Morgan fingerprint density at radius 2 is 1.58 bits per heavy atom. The number of sulfonamides is 1. The second kappa shape index (κ2) is 7.85. The number of hydrogen-bond donors (Lipinski definition) is 3. The van der Waals surface area contributed by atoms with Crippen LogP contribution in [0.5, 0.6) is 0 Å². The number of nitrogens with one attached hydrogen (secondary N) is 3. The van der Waals surface area contributed by atoms with E-state index in [1.807, 2.05) is 0 Å². The summed E-state index contributed by atoms with van der Waals surface area (Å²) in [5.41, 5.74) is 1.65. The maximum atomic E-state index is 12.0. The fraction of sp³-hybridized carbons (Fsp3) is 0.0625. The van der Waals surface area contributed by atoms with Crippen molar-refractivity contribution in [1.29, 1.82) is 0 Å². The molecule has 0 radical (unpaired) electrons. The lowest BCUT2D eigenvalue weighted by Crippen LogP contribution is -2.24. The molecule has 2 aromatic rings. The maximum Gasteiger partial charge on any atom is 0.318 e. The number of hydrogen-bond acceptors (Lipinski definition) is 3. The van der Waals surface area contributed by atoms with E-state index in [1.165, 1.54) is 13.1 Å². The maximum absolute atomic E-state index is 12.0. The van der Waals surface area contributed by atoms with Crippen LogP contribution in [0.1, 0.15) is 5.56 Å². The molecule has 0 aliphatic rings. The monoisotopic (exact) mass is 365 g/mol. The average Bonchev–Trinajstić information content (AvgIpc) is 2.56. The molecule has 6 nitrogen and oxygen atoms in total. The van der Waals surface area contributed by atoms with Crippen LogP contribution in [0, 0.1) is 0 Å². The largest absolute Gasteiger partial charge is 0.341 e. The molecule has 0 aromatic heterocycles. The third-order valence-electron chi connectivity index (χ3n) is 2.94. The van der Waals surface area contributed by atoms with Crippen molar-refractivity contribution < 1.29 is 13.2 Å². The number of anilines is 2. The van der Waals surface area contributed by atoms with Gasteiger partial charge >= 0.3 is 6.03 Å². The van der Waals surface area contributed by atoms with Gasteiger partial charge in [-0.15, -0.1) is 0 Å². The molecule has 3 N–H and O–H groups in total. The van der Waals surface area contributed by atoms with Gasteiger partial charge in [-0.3, -0.25) is 4.72 Å². The van der Waals surface area contributed by atoms with Gasteiger partial charge < -0.3 is 10.6 Å². The van der Waals surface area contributed by atoms with E-state index in [1.54, 1.807) is 48.5 Å². The van der Waals surface area contributed by atoms with E-state index in [0.717, 1.165) is 11.0 Å². The zero-order valence-corrected chi connectivity index (χ0v) is 14.4. The van der Waals surface area contributed by atoms with Gasteiger partial charge in [-0.25, -0.2) is 13.2 Å². The quantitative estimate of drug-likeness (QED) is 0.757. The predicted octanol–water partition coefficient (Wildman–Crippen LogP) is 3.50. The minimum Gasteiger partial charge on any atom is -0.341 e. The summed E-state index contributed by atoms with van der Waals surface area (Å²) >= 11 is 5.78. The summed E-state index contributed by atoms with van der Waals surface area (Å²) in [7, 11) is -2.14. The predicted molar refractivity (Wildman–Crippen MR) is 97.5 cm³/mol. The zero-order chi connectivity index (χ0) is 17.6. The number of rotatable bonds is 5. The van der Waals surface area contributed by atoms with Crippen LogP contribution in [0.2, 0.25) is 5.02 Å². The Hall–Kier alpha value is -2.51. The van der Waals surface area contributed by atoms with Gasteiger partial charge in [-0.1, -0.05) is 23.7 Å². The molecule has 2 rings (SSSR count). The lowest BCUT2D eigenvalue weighted by atomic mass is 10.2. The van der Waals surface area contributed by atoms with E-state index >= 15 is 0 Å². The van der Waals surface area contributed by atoms with E-state index in [0.29, 0.717) is 16.4 Å². The smallest absolute Gasteiger partial charge is 0.318 e. The first-order chi connectivity index (χ1) is 11.4. The van der Waals surface area contributed by atoms with Crippen LogP contribution in [0.15, 0.2) is 53.9 Å². The number of carbonyl (C=O) groups is 1. The standard InChI is InChI=1S/C16H16ClN3O3S/c1-18-16(21)19-14-6-8-15(9-7-14)20-24(22,23)11-10-12-2-4-13(17)5-3-12/h2-11,20H,1H3,(H2,18,19,21)/b11-10+. The first kappa shape index (κ1) is 17.8. The molecule has 0 aliphatic carbocycles. The fourth-order valence-corrected chi connectivity index (χ4v) is 2.75. The highest BCUT2D eigenvalue weighted by Crippen LogP contribution is 2.16. The van der Waals surface area contributed by atoms with Crippen molar-refractivity contribution in [3.8, 4) is 0 Å². The number of benzene rings is 2. The Bertz CT molecular complexity index is 832. The Morgan fingerprint density at radius 1 is 1.00 bits per heavy atom. The molecular formula is C16H16ClN3O3S. The summed E-state index contributed by atoms with van der Waals surface area (Å²) in [5.74, 6) is 0. The van der Waals surface area contributed by atoms with Crippen molar-refractivity contribution in [3.63, 3.8) is 0 Å². The fourth-order valence-electron chi connectivity index (χ4n) is 1.76. The molecule has 8 heteroatoms. The highest BCUT2D eigenvalue weighted by molar-refractivity contribution is 7.95. The summed E-state index contributed by atoms with van der Waals surface area (Å²) in [4.78, 5) is 11.2. The lowest BCUT2D eigenvalue weighted by molar-refractivity contribution is 0.254. The van der Waals surface area contributed by atoms with Crippen LogP contribution in [0.25, 0.3) is 6.08 Å². The molecule has 0 aliphatic heterocycles. The van der Waals surface area contributed by atoms with Crippen molar-refractivity contribution >= 4 is 45.1 Å². The molecule has 0 unspecified atom stereocenters. The second-order valence-electron chi connectivity index (χ2n) is 4.78. The van der Waals surface area contributed by atoms with Crippen LogP contribution in [-0.4, -0.2) is 21.5 Å². The Morgan fingerprint density at radius 3 is 2.17 bits per heavy atom. The van der Waals surface area contributed by atoms with Gasteiger partial charge in [0.1, 0.15) is 0 Å². The van der Waals surface area contributed by atoms with E-state index in [-0.39, 0.29) is 6.03 Å². The lowest BCUT2D eigenvalue weighted by Gasteiger charge is -2.07. The molecular weight excluding hydrogens is 350 g/mol. The molecule has 0 fully saturated rings. The van der Waals surface area contributed by atoms with Gasteiger partial charge in [0.05, 0.1) is 5.41 Å². The van der Waals surface area contributed by atoms with Gasteiger partial charge in [-0.05, 0) is 48.0 Å². The van der Waals surface area contributed by atoms with E-state index in [4.69, 9.17) is 11.6 Å². The Labute approximate surface area is 145 Å². The first-order valence-electron chi connectivity index (χ1n) is 6.93. The van der Waals surface area contributed by atoms with Crippen LogP contribution in [0.3, 0.4) is 0 Å². The molecule has 0 heterocycles. The highest BCUT2D eigenvalue weighted by atomic mass is 35.5. The molecule has 126 valence electrons. The van der Waals surface area contributed by atoms with Crippen molar-refractivity contribution in [2.24, 2.45) is 0 Å². The Balaban J connectivity index is 2.03. The van der Waals surface area contributed by atoms with Crippen molar-refractivity contribution in [3.05, 3.63) is 64.5 Å². The summed E-state index contributed by atoms with van der Waals surface area (Å²) in [6, 6.07) is 12.7. The number of urea groups is 1.